The van der Waals surface area contributed by atoms with Crippen molar-refractivity contribution in [2.45, 2.75) is 13.3 Å². The van der Waals surface area contributed by atoms with Crippen LogP contribution < -0.4 is 4.74 Å². The number of ether oxygens (including phenoxy) is 1. The van der Waals surface area contributed by atoms with E-state index in [1.165, 1.54) is 16.7 Å². The van der Waals surface area contributed by atoms with Crippen molar-refractivity contribution in [3.63, 3.8) is 0 Å². The number of hydrogen-bond acceptors (Lipinski definition) is 3. The lowest BCUT2D eigenvalue weighted by Crippen LogP contribution is -2.02. The number of aromatic amines is 1. The maximum Gasteiger partial charge on any atom is 0.335 e. The Labute approximate surface area is 198 Å². The average molecular weight is 445 g/mol. The van der Waals surface area contributed by atoms with Gasteiger partial charge in [-0.2, -0.15) is 5.10 Å². The average Bonchev–Trinajstić information content (AvgIpc) is 3.35. The summed E-state index contributed by atoms with van der Waals surface area (Å²) >= 11 is 0. The number of nitrogens with one attached hydrogen (secondary N) is 1. The molecule has 1 heterocycles. The summed E-state index contributed by atoms with van der Waals surface area (Å²) in [4.78, 5) is 11.6. The highest BCUT2D eigenvalue weighted by Crippen LogP contribution is 2.37. The molecular formula is C30H24N2O2. The zero-order valence-corrected chi connectivity index (χ0v) is 18.9. The highest BCUT2D eigenvalue weighted by Gasteiger charge is 2.15. The monoisotopic (exact) mass is 444 g/mol. The topological polar surface area (TPSA) is 55.0 Å². The second kappa shape index (κ2) is 9.20. The molecule has 0 aliphatic heterocycles. The number of hydrogen-bond donors (Lipinski definition) is 1. The molecule has 0 aliphatic rings. The van der Waals surface area contributed by atoms with Crippen LogP contribution in [0.2, 0.25) is 0 Å². The maximum absolute atomic E-state index is 11.6. The number of carbonyl (C=O) groups excluding carboxylic acids is 1. The summed E-state index contributed by atoms with van der Waals surface area (Å²) in [5.41, 5.74) is 6.97. The summed E-state index contributed by atoms with van der Waals surface area (Å²) in [6, 6.07) is 29.0. The van der Waals surface area contributed by atoms with Gasteiger partial charge in [-0.25, -0.2) is 4.79 Å². The van der Waals surface area contributed by atoms with Crippen LogP contribution in [-0.2, 0) is 4.79 Å². The van der Waals surface area contributed by atoms with Crippen LogP contribution >= 0.6 is 0 Å². The molecule has 0 bridgehead atoms. The van der Waals surface area contributed by atoms with Crippen LogP contribution in [-0.4, -0.2) is 16.2 Å². The van der Waals surface area contributed by atoms with Crippen molar-refractivity contribution >= 4 is 38.8 Å². The van der Waals surface area contributed by atoms with Gasteiger partial charge in [0, 0.05) is 11.5 Å². The first-order valence-corrected chi connectivity index (χ1v) is 11.3. The minimum absolute atomic E-state index is 0.466. The number of benzene rings is 4. The fourth-order valence-corrected chi connectivity index (χ4v) is 4.38. The Morgan fingerprint density at radius 1 is 0.882 bits per heavy atom. The molecule has 34 heavy (non-hydrogen) atoms. The Morgan fingerprint density at radius 3 is 2.35 bits per heavy atom. The van der Waals surface area contributed by atoms with E-state index in [1.54, 1.807) is 0 Å². The van der Waals surface area contributed by atoms with Gasteiger partial charge in [-0.1, -0.05) is 68.1 Å². The van der Waals surface area contributed by atoms with Gasteiger partial charge in [-0.15, -0.1) is 0 Å². The fourth-order valence-electron chi connectivity index (χ4n) is 4.38. The number of carbonyl (C=O) groups is 1. The molecule has 0 saturated carbocycles. The normalized spacial score (nSPS) is 11.9. The third kappa shape index (κ3) is 4.14. The van der Waals surface area contributed by atoms with Crippen LogP contribution in [0.25, 0.3) is 32.8 Å². The zero-order valence-electron chi connectivity index (χ0n) is 18.9. The van der Waals surface area contributed by atoms with Crippen LogP contribution in [0.4, 0.5) is 0 Å². The molecule has 0 radical (unpaired) electrons. The number of allylic oxidation sites excluding steroid dienone is 1. The molecule has 0 aliphatic carbocycles. The van der Waals surface area contributed by atoms with E-state index in [2.05, 4.69) is 84.4 Å². The van der Waals surface area contributed by atoms with E-state index >= 15 is 0 Å². The Morgan fingerprint density at radius 2 is 1.59 bits per heavy atom. The molecule has 4 nitrogen and oxygen atoms in total. The van der Waals surface area contributed by atoms with Gasteiger partial charge in [0.05, 0.1) is 11.7 Å². The molecule has 0 amide bonds. The highest BCUT2D eigenvalue weighted by molar-refractivity contribution is 6.02. The highest BCUT2D eigenvalue weighted by atomic mass is 16.5. The molecule has 1 aromatic heterocycles. The first-order valence-electron chi connectivity index (χ1n) is 11.3. The van der Waals surface area contributed by atoms with Crippen molar-refractivity contribution in [1.82, 2.24) is 10.2 Å². The summed E-state index contributed by atoms with van der Waals surface area (Å²) in [5, 5.41) is 10.4. The number of nitrogens with zero attached hydrogens (tertiary/aromatic N) is 1. The summed E-state index contributed by atoms with van der Waals surface area (Å²) in [6.07, 6.45) is 3.91. The Balaban J connectivity index is 1.69. The van der Waals surface area contributed by atoms with Crippen molar-refractivity contribution in [2.75, 3.05) is 0 Å². The Bertz CT molecular complexity index is 1540. The standard InChI is InChI=1S/C30H24N2O2/c1-3-27(20-8-6-5-7-9-20)30(24-13-15-28-25(17-24)19-31-32-28)23-11-10-22-18-26(34-29(33)4-2)14-12-21(22)16-23/h4-19H,2-3H2,1H3,(H,31,32)/b30-27+. The van der Waals surface area contributed by atoms with Crippen molar-refractivity contribution < 1.29 is 9.53 Å². The molecule has 4 aromatic carbocycles. The first kappa shape index (κ1) is 21.4. The van der Waals surface area contributed by atoms with E-state index in [1.807, 2.05) is 30.5 Å². The molecule has 0 unspecified atom stereocenters. The third-order valence-electron chi connectivity index (χ3n) is 5.99. The van der Waals surface area contributed by atoms with Crippen LogP contribution in [0.15, 0.2) is 104 Å². The van der Waals surface area contributed by atoms with E-state index in [0.29, 0.717) is 5.75 Å². The van der Waals surface area contributed by atoms with Crippen molar-refractivity contribution in [3.8, 4) is 5.75 Å². The Kier molecular flexibility index (Phi) is 5.79. The van der Waals surface area contributed by atoms with Crippen LogP contribution in [0, 0.1) is 0 Å². The lowest BCUT2D eigenvalue weighted by Gasteiger charge is -2.17. The van der Waals surface area contributed by atoms with Gasteiger partial charge in [0.1, 0.15) is 5.75 Å². The van der Waals surface area contributed by atoms with Gasteiger partial charge in [-0.05, 0) is 75.4 Å². The smallest absolute Gasteiger partial charge is 0.335 e. The molecule has 166 valence electrons. The summed E-state index contributed by atoms with van der Waals surface area (Å²) < 4.78 is 5.29. The van der Waals surface area contributed by atoms with E-state index in [9.17, 15) is 4.79 Å². The minimum atomic E-state index is -0.466. The molecule has 4 heteroatoms. The largest absolute Gasteiger partial charge is 0.423 e. The van der Waals surface area contributed by atoms with Gasteiger partial charge in [-0.3, -0.25) is 5.10 Å². The predicted octanol–water partition coefficient (Wildman–Crippen LogP) is 7.18. The number of rotatable bonds is 6. The molecule has 0 spiro atoms. The van der Waals surface area contributed by atoms with Crippen LogP contribution in [0.1, 0.15) is 30.0 Å². The molecule has 5 rings (SSSR count). The van der Waals surface area contributed by atoms with E-state index in [0.717, 1.165) is 45.3 Å². The number of aromatic nitrogens is 2. The zero-order chi connectivity index (χ0) is 23.5. The molecule has 0 fully saturated rings. The number of esters is 1. The van der Waals surface area contributed by atoms with E-state index < -0.39 is 5.97 Å². The SMILES string of the molecule is C=CC(=O)Oc1ccc2cc(/C(=C(/CC)c3ccccc3)c3ccc4[nH]ncc4c3)ccc2c1. The van der Waals surface area contributed by atoms with Crippen molar-refractivity contribution in [3.05, 3.63) is 120 Å². The molecule has 5 aromatic rings. The summed E-state index contributed by atoms with van der Waals surface area (Å²) in [5.74, 6) is 0.0381. The first-order chi connectivity index (χ1) is 16.7. The van der Waals surface area contributed by atoms with E-state index in [-0.39, 0.29) is 0 Å². The van der Waals surface area contributed by atoms with Crippen LogP contribution in [0.3, 0.4) is 0 Å². The van der Waals surface area contributed by atoms with Crippen molar-refractivity contribution in [2.24, 2.45) is 0 Å². The quantitative estimate of drug-likeness (QED) is 0.131. The number of H-pyrrole nitrogens is 1. The van der Waals surface area contributed by atoms with Gasteiger partial charge >= 0.3 is 5.97 Å². The molecule has 1 N–H and O–H groups in total. The summed E-state index contributed by atoms with van der Waals surface area (Å²) in [6.45, 7) is 5.65. The lowest BCUT2D eigenvalue weighted by atomic mass is 9.87. The second-order valence-electron chi connectivity index (χ2n) is 8.09. The Hall–Kier alpha value is -4.44. The molecule has 0 saturated heterocycles. The van der Waals surface area contributed by atoms with Gasteiger partial charge < -0.3 is 4.74 Å². The van der Waals surface area contributed by atoms with Gasteiger partial charge in [0.25, 0.3) is 0 Å². The van der Waals surface area contributed by atoms with Gasteiger partial charge in [0.15, 0.2) is 0 Å². The lowest BCUT2D eigenvalue weighted by molar-refractivity contribution is -0.128. The number of fused-ring (bicyclic) bond motifs is 2. The third-order valence-corrected chi connectivity index (χ3v) is 5.99. The maximum atomic E-state index is 11.6. The molecular weight excluding hydrogens is 420 g/mol. The van der Waals surface area contributed by atoms with E-state index in [4.69, 9.17) is 4.74 Å². The second-order valence-corrected chi connectivity index (χ2v) is 8.09. The van der Waals surface area contributed by atoms with Gasteiger partial charge in [0.2, 0.25) is 0 Å². The fraction of sp³-hybridized carbons (Fsp3) is 0.0667. The molecule has 0 atom stereocenters. The predicted molar refractivity (Wildman–Crippen MR) is 139 cm³/mol. The summed E-state index contributed by atoms with van der Waals surface area (Å²) in [7, 11) is 0. The van der Waals surface area contributed by atoms with Crippen molar-refractivity contribution in [1.29, 1.82) is 0 Å². The minimum Gasteiger partial charge on any atom is -0.423 e. The van der Waals surface area contributed by atoms with Crippen LogP contribution in [0.5, 0.6) is 5.75 Å².